The predicted octanol–water partition coefficient (Wildman–Crippen LogP) is 1.67. The Bertz CT molecular complexity index is 1040. The molecule has 3 aromatic rings. The molecule has 1 heterocycles. The molecule has 0 spiro atoms. The van der Waals surface area contributed by atoms with Crippen molar-refractivity contribution in [3.63, 3.8) is 0 Å². The van der Waals surface area contributed by atoms with E-state index >= 15 is 0 Å². The average molecular weight is 375 g/mol. The van der Waals surface area contributed by atoms with Crippen molar-refractivity contribution in [2.45, 2.75) is 11.4 Å². The van der Waals surface area contributed by atoms with Gasteiger partial charge in [-0.25, -0.2) is 18.1 Å². The van der Waals surface area contributed by atoms with Crippen LogP contribution in [-0.4, -0.2) is 33.5 Å². The number of amides is 1. The molecule has 2 aromatic carbocycles. The van der Waals surface area contributed by atoms with E-state index in [1.807, 2.05) is 0 Å². The number of benzene rings is 2. The number of hydrogen-bond donors (Lipinski definition) is 2. The van der Waals surface area contributed by atoms with Crippen LogP contribution in [0.4, 0.5) is 0 Å². The number of rotatable bonds is 6. The highest BCUT2D eigenvalue weighted by Gasteiger charge is 2.16. The van der Waals surface area contributed by atoms with E-state index in [1.54, 1.807) is 25.3 Å². The molecule has 2 N–H and O–H groups in total. The summed E-state index contributed by atoms with van der Waals surface area (Å²) in [6.07, 6.45) is 0. The first kappa shape index (κ1) is 17.9. The van der Waals surface area contributed by atoms with Crippen LogP contribution in [0.3, 0.4) is 0 Å². The third-order valence-corrected chi connectivity index (χ3v) is 5.12. The molecule has 136 valence electrons. The summed E-state index contributed by atoms with van der Waals surface area (Å²) in [5, 5.41) is 2.47. The molecule has 0 fully saturated rings. The SMILES string of the molecule is CNC(=O)c1ccc(S(=O)(=O)NCc2nc3cc(OC)ccc3o2)cc1. The predicted molar refractivity (Wildman–Crippen MR) is 94.4 cm³/mol. The molecule has 0 atom stereocenters. The molecule has 0 bridgehead atoms. The number of sulfonamides is 1. The van der Waals surface area contributed by atoms with Gasteiger partial charge in [-0.2, -0.15) is 0 Å². The van der Waals surface area contributed by atoms with Gasteiger partial charge in [-0.05, 0) is 36.4 Å². The molecule has 0 aliphatic heterocycles. The van der Waals surface area contributed by atoms with Gasteiger partial charge in [-0.1, -0.05) is 0 Å². The molecule has 0 radical (unpaired) electrons. The zero-order valence-electron chi connectivity index (χ0n) is 14.1. The number of fused-ring (bicyclic) bond motifs is 1. The Kier molecular flexibility index (Phi) is 4.92. The second kappa shape index (κ2) is 7.14. The molecule has 0 saturated heterocycles. The third kappa shape index (κ3) is 3.68. The Morgan fingerprint density at radius 3 is 2.58 bits per heavy atom. The molecule has 0 aliphatic rings. The molecule has 1 amide bonds. The number of nitrogens with zero attached hydrogens (tertiary/aromatic N) is 1. The molecule has 0 unspecified atom stereocenters. The number of hydrogen-bond acceptors (Lipinski definition) is 6. The van der Waals surface area contributed by atoms with Crippen LogP contribution < -0.4 is 14.8 Å². The standard InChI is InChI=1S/C17H17N3O5S/c1-18-17(21)11-3-6-13(7-4-11)26(22,23)19-10-16-20-14-9-12(24-2)5-8-15(14)25-16/h3-9,19H,10H2,1-2H3,(H,18,21). The van der Waals surface area contributed by atoms with Gasteiger partial charge < -0.3 is 14.5 Å². The highest BCUT2D eigenvalue weighted by molar-refractivity contribution is 7.89. The zero-order valence-corrected chi connectivity index (χ0v) is 15.0. The van der Waals surface area contributed by atoms with Crippen LogP contribution in [-0.2, 0) is 16.6 Å². The summed E-state index contributed by atoms with van der Waals surface area (Å²) in [6, 6.07) is 10.8. The quantitative estimate of drug-likeness (QED) is 0.678. The van der Waals surface area contributed by atoms with Gasteiger partial charge in [-0.15, -0.1) is 0 Å². The maximum Gasteiger partial charge on any atom is 0.251 e. The van der Waals surface area contributed by atoms with E-state index in [2.05, 4.69) is 15.0 Å². The molecular formula is C17H17N3O5S. The molecular weight excluding hydrogens is 358 g/mol. The minimum atomic E-state index is -3.76. The van der Waals surface area contributed by atoms with Crippen LogP contribution in [0.1, 0.15) is 16.2 Å². The smallest absolute Gasteiger partial charge is 0.251 e. The molecule has 8 nitrogen and oxygen atoms in total. The molecule has 26 heavy (non-hydrogen) atoms. The lowest BCUT2D eigenvalue weighted by Gasteiger charge is -2.06. The minimum Gasteiger partial charge on any atom is -0.497 e. The summed E-state index contributed by atoms with van der Waals surface area (Å²) < 4.78 is 37.8. The number of carbonyl (C=O) groups excluding carboxylic acids is 1. The fraction of sp³-hybridized carbons (Fsp3) is 0.176. The highest BCUT2D eigenvalue weighted by atomic mass is 32.2. The Labute approximate surface area is 150 Å². The van der Waals surface area contributed by atoms with Gasteiger partial charge in [0, 0.05) is 18.7 Å². The van der Waals surface area contributed by atoms with Crippen molar-refractivity contribution in [3.8, 4) is 5.75 Å². The van der Waals surface area contributed by atoms with E-state index in [4.69, 9.17) is 9.15 Å². The van der Waals surface area contributed by atoms with Crippen LogP contribution in [0.5, 0.6) is 5.75 Å². The number of aromatic nitrogens is 1. The molecule has 3 rings (SSSR count). The molecule has 1 aromatic heterocycles. The van der Waals surface area contributed by atoms with E-state index < -0.39 is 10.0 Å². The van der Waals surface area contributed by atoms with Crippen molar-refractivity contribution in [1.82, 2.24) is 15.0 Å². The van der Waals surface area contributed by atoms with Crippen molar-refractivity contribution in [1.29, 1.82) is 0 Å². The fourth-order valence-corrected chi connectivity index (χ4v) is 3.30. The summed E-state index contributed by atoms with van der Waals surface area (Å²) in [5.74, 6) is 0.580. The van der Waals surface area contributed by atoms with Crippen molar-refractivity contribution in [2.75, 3.05) is 14.2 Å². The van der Waals surface area contributed by atoms with Gasteiger partial charge in [0.2, 0.25) is 15.9 Å². The van der Waals surface area contributed by atoms with Gasteiger partial charge in [0.25, 0.3) is 5.91 Å². The highest BCUT2D eigenvalue weighted by Crippen LogP contribution is 2.21. The number of nitrogens with one attached hydrogen (secondary N) is 2. The van der Waals surface area contributed by atoms with E-state index in [9.17, 15) is 13.2 Å². The first-order chi connectivity index (χ1) is 12.4. The summed E-state index contributed by atoms with van der Waals surface area (Å²) >= 11 is 0. The van der Waals surface area contributed by atoms with Crippen LogP contribution in [0.2, 0.25) is 0 Å². The lowest BCUT2D eigenvalue weighted by atomic mass is 10.2. The summed E-state index contributed by atoms with van der Waals surface area (Å²) in [6.45, 7) is -0.101. The lowest BCUT2D eigenvalue weighted by Crippen LogP contribution is -2.23. The number of oxazole rings is 1. The van der Waals surface area contributed by atoms with E-state index in [0.29, 0.717) is 22.4 Å². The second-order valence-electron chi connectivity index (χ2n) is 5.37. The van der Waals surface area contributed by atoms with Crippen molar-refractivity contribution in [2.24, 2.45) is 0 Å². The maximum absolute atomic E-state index is 12.4. The van der Waals surface area contributed by atoms with E-state index in [-0.39, 0.29) is 23.2 Å². The van der Waals surface area contributed by atoms with Crippen LogP contribution in [0.15, 0.2) is 51.8 Å². The summed E-state index contributed by atoms with van der Waals surface area (Å²) in [4.78, 5) is 15.8. The maximum atomic E-state index is 12.4. The van der Waals surface area contributed by atoms with Gasteiger partial charge in [0.15, 0.2) is 5.58 Å². The minimum absolute atomic E-state index is 0.0444. The first-order valence-electron chi connectivity index (χ1n) is 7.68. The largest absolute Gasteiger partial charge is 0.497 e. The molecule has 0 aliphatic carbocycles. The fourth-order valence-electron chi connectivity index (χ4n) is 2.33. The van der Waals surface area contributed by atoms with Crippen LogP contribution in [0.25, 0.3) is 11.1 Å². The van der Waals surface area contributed by atoms with Crippen molar-refractivity contribution >= 4 is 27.0 Å². The van der Waals surface area contributed by atoms with Gasteiger partial charge >= 0.3 is 0 Å². The molecule has 0 saturated carbocycles. The summed E-state index contributed by atoms with van der Waals surface area (Å²) in [7, 11) is -0.713. The van der Waals surface area contributed by atoms with Crippen LogP contribution in [0, 0.1) is 0 Å². The Balaban J connectivity index is 1.74. The van der Waals surface area contributed by atoms with Gasteiger partial charge in [-0.3, -0.25) is 4.79 Å². The Hall–Kier alpha value is -2.91. The first-order valence-corrected chi connectivity index (χ1v) is 9.16. The lowest BCUT2D eigenvalue weighted by molar-refractivity contribution is 0.0963. The number of methoxy groups -OCH3 is 1. The Morgan fingerprint density at radius 2 is 1.92 bits per heavy atom. The van der Waals surface area contributed by atoms with Gasteiger partial charge in [0.1, 0.15) is 11.3 Å². The summed E-state index contributed by atoms with van der Waals surface area (Å²) in [5.41, 5.74) is 1.49. The van der Waals surface area contributed by atoms with E-state index in [0.717, 1.165) is 0 Å². The average Bonchev–Trinajstić information content (AvgIpc) is 3.08. The van der Waals surface area contributed by atoms with Gasteiger partial charge in [0.05, 0.1) is 18.6 Å². The zero-order chi connectivity index (χ0) is 18.7. The topological polar surface area (TPSA) is 111 Å². The van der Waals surface area contributed by atoms with E-state index in [1.165, 1.54) is 31.3 Å². The molecule has 9 heteroatoms. The second-order valence-corrected chi connectivity index (χ2v) is 7.14. The normalized spacial score (nSPS) is 11.5. The third-order valence-electron chi connectivity index (χ3n) is 3.71. The van der Waals surface area contributed by atoms with Crippen LogP contribution >= 0.6 is 0 Å². The van der Waals surface area contributed by atoms with Crippen molar-refractivity contribution < 1.29 is 22.4 Å². The number of carbonyl (C=O) groups is 1. The monoisotopic (exact) mass is 375 g/mol. The number of ether oxygens (including phenoxy) is 1. The van der Waals surface area contributed by atoms with Crippen molar-refractivity contribution in [3.05, 3.63) is 53.9 Å². The Morgan fingerprint density at radius 1 is 1.19 bits per heavy atom.